The van der Waals surface area contributed by atoms with Gasteiger partial charge in [0.15, 0.2) is 5.82 Å². The molecule has 1 amide bonds. The highest BCUT2D eigenvalue weighted by Gasteiger charge is 2.28. The normalized spacial score (nSPS) is 15.1. The van der Waals surface area contributed by atoms with Crippen LogP contribution >= 0.6 is 0 Å². The Bertz CT molecular complexity index is 1180. The molecule has 1 aromatic heterocycles. The second-order valence-electron chi connectivity index (χ2n) is 8.14. The molecular formula is C24H28N4O4. The Balaban J connectivity index is 0.00000306. The fourth-order valence-electron chi connectivity index (χ4n) is 3.96. The lowest BCUT2D eigenvalue weighted by Crippen LogP contribution is -2.52. The highest BCUT2D eigenvalue weighted by molar-refractivity contribution is 5.92. The number of aromatic nitrogens is 2. The van der Waals surface area contributed by atoms with Gasteiger partial charge in [0.25, 0.3) is 5.91 Å². The smallest absolute Gasteiger partial charge is 0.251 e. The third-order valence-electron chi connectivity index (χ3n) is 5.63. The van der Waals surface area contributed by atoms with E-state index in [1.54, 1.807) is 23.1 Å². The van der Waals surface area contributed by atoms with Gasteiger partial charge in [-0.1, -0.05) is 18.2 Å². The molecule has 0 spiro atoms. The number of anilines is 1. The summed E-state index contributed by atoms with van der Waals surface area (Å²) in [7, 11) is 0. The van der Waals surface area contributed by atoms with Gasteiger partial charge in [-0.15, -0.1) is 0 Å². The molecule has 0 radical (unpaired) electrons. The molecule has 1 atom stereocenters. The van der Waals surface area contributed by atoms with Crippen molar-refractivity contribution in [2.24, 2.45) is 0 Å². The van der Waals surface area contributed by atoms with Gasteiger partial charge in [-0.2, -0.15) is 0 Å². The van der Waals surface area contributed by atoms with Gasteiger partial charge in [-0.05, 0) is 43.7 Å². The number of aryl methyl sites for hydroxylation is 1. The number of benzene rings is 2. The molecule has 0 aliphatic carbocycles. The predicted molar refractivity (Wildman–Crippen MR) is 124 cm³/mol. The summed E-state index contributed by atoms with van der Waals surface area (Å²) in [6.45, 7) is 5.24. The zero-order valence-electron chi connectivity index (χ0n) is 18.2. The first kappa shape index (κ1) is 21.7. The van der Waals surface area contributed by atoms with Crippen molar-refractivity contribution in [1.29, 1.82) is 0 Å². The number of carbonyl (C=O) groups is 2. The highest BCUT2D eigenvalue weighted by atomic mass is 16.3. The van der Waals surface area contributed by atoms with E-state index in [0.717, 1.165) is 22.3 Å². The molecule has 8 heteroatoms. The van der Waals surface area contributed by atoms with Crippen molar-refractivity contribution in [3.8, 4) is 17.1 Å². The molecule has 2 heterocycles. The number of amides is 1. The van der Waals surface area contributed by atoms with Crippen molar-refractivity contribution in [1.82, 2.24) is 14.9 Å². The predicted octanol–water partition coefficient (Wildman–Crippen LogP) is 2.55. The van der Waals surface area contributed by atoms with E-state index in [9.17, 15) is 19.8 Å². The first-order chi connectivity index (χ1) is 15.3. The number of aromatic hydroxyl groups is 1. The number of hydrogen-bond acceptors (Lipinski definition) is 7. The van der Waals surface area contributed by atoms with Gasteiger partial charge >= 0.3 is 0 Å². The number of phenols is 1. The van der Waals surface area contributed by atoms with Crippen molar-refractivity contribution < 1.29 is 21.2 Å². The van der Waals surface area contributed by atoms with Crippen molar-refractivity contribution in [3.63, 3.8) is 0 Å². The molecule has 168 valence electrons. The van der Waals surface area contributed by atoms with E-state index in [1.807, 2.05) is 31.2 Å². The van der Waals surface area contributed by atoms with E-state index in [0.29, 0.717) is 37.6 Å². The number of carbonyl (C=O) groups excluding carboxylic acids is 2. The van der Waals surface area contributed by atoms with E-state index in [1.165, 1.54) is 6.92 Å². The summed E-state index contributed by atoms with van der Waals surface area (Å²) in [5.41, 5.74) is 2.40. The van der Waals surface area contributed by atoms with Gasteiger partial charge in [0, 0.05) is 39.4 Å². The number of phenolic OH excluding ortho intramolecular Hbond substituents is 1. The van der Waals surface area contributed by atoms with Crippen molar-refractivity contribution >= 4 is 28.4 Å². The average molecular weight is 437 g/mol. The lowest BCUT2D eigenvalue weighted by Gasteiger charge is -2.36. The van der Waals surface area contributed by atoms with Crippen LogP contribution in [-0.2, 0) is 9.59 Å². The Labute approximate surface area is 187 Å². The van der Waals surface area contributed by atoms with Crippen LogP contribution in [0.3, 0.4) is 0 Å². The zero-order chi connectivity index (χ0) is 22.8. The van der Waals surface area contributed by atoms with E-state index in [-0.39, 0.29) is 19.4 Å². The van der Waals surface area contributed by atoms with Crippen LogP contribution in [0, 0.1) is 6.92 Å². The van der Waals surface area contributed by atoms with Crippen molar-refractivity contribution in [2.45, 2.75) is 26.4 Å². The monoisotopic (exact) mass is 436 g/mol. The summed E-state index contributed by atoms with van der Waals surface area (Å²) in [6.07, 6.45) is -1.46. The first-order valence-electron chi connectivity index (χ1n) is 10.6. The summed E-state index contributed by atoms with van der Waals surface area (Å²) < 4.78 is 0. The van der Waals surface area contributed by atoms with Crippen LogP contribution in [0.15, 0.2) is 42.5 Å². The Morgan fingerprint density at radius 2 is 1.81 bits per heavy atom. The maximum atomic E-state index is 12.5. The number of piperazine rings is 1. The Kier molecular flexibility index (Phi) is 6.05. The van der Waals surface area contributed by atoms with Crippen LogP contribution in [-0.4, -0.2) is 69.1 Å². The second kappa shape index (κ2) is 8.92. The molecule has 0 unspecified atom stereocenters. The molecule has 1 aliphatic heterocycles. The standard InChI is InChI=1S/C24H26N4O4.H2/c1-15-7-8-17-19(13-15)25-22(18-5-3-4-6-20(18)30)26-23(17)27-9-11-28(12-10-27)24(32)21(31)14-16(2)29;/h3-8,13,21,30-31H,9-12,14H2,1-2H3;1H/t21-;/m1./s1. The fourth-order valence-corrected chi connectivity index (χ4v) is 3.96. The molecule has 0 saturated carbocycles. The van der Waals surface area contributed by atoms with Gasteiger partial charge in [-0.25, -0.2) is 9.97 Å². The lowest BCUT2D eigenvalue weighted by molar-refractivity contribution is -0.142. The number of Topliss-reactive ketones (excluding diaryl/α,β-unsaturated/α-hetero) is 1. The van der Waals surface area contributed by atoms with E-state index < -0.39 is 12.0 Å². The lowest BCUT2D eigenvalue weighted by atomic mass is 10.1. The molecule has 0 bridgehead atoms. The van der Waals surface area contributed by atoms with E-state index in [4.69, 9.17) is 4.98 Å². The molecule has 1 saturated heterocycles. The van der Waals surface area contributed by atoms with Crippen LogP contribution in [0.1, 0.15) is 20.3 Å². The molecule has 4 rings (SSSR count). The van der Waals surface area contributed by atoms with Crippen molar-refractivity contribution in [3.05, 3.63) is 48.0 Å². The van der Waals surface area contributed by atoms with Crippen LogP contribution in [0.2, 0.25) is 0 Å². The Hall–Kier alpha value is -3.52. The van der Waals surface area contributed by atoms with Gasteiger partial charge in [0.05, 0.1) is 11.1 Å². The highest BCUT2D eigenvalue weighted by Crippen LogP contribution is 2.32. The minimum Gasteiger partial charge on any atom is -0.507 e. The van der Waals surface area contributed by atoms with E-state index >= 15 is 0 Å². The van der Waals surface area contributed by atoms with E-state index in [2.05, 4.69) is 9.88 Å². The molecule has 2 N–H and O–H groups in total. The average Bonchev–Trinajstić information content (AvgIpc) is 2.77. The minimum atomic E-state index is -1.30. The van der Waals surface area contributed by atoms with Crippen molar-refractivity contribution in [2.75, 3.05) is 31.1 Å². The number of para-hydroxylation sites is 1. The number of rotatable bonds is 5. The number of hydrogen-bond donors (Lipinski definition) is 2. The number of aliphatic hydroxyl groups is 1. The molecule has 1 aliphatic rings. The molecule has 3 aromatic rings. The van der Waals surface area contributed by atoms with Crippen LogP contribution in [0.4, 0.5) is 5.82 Å². The van der Waals surface area contributed by atoms with Gasteiger partial charge in [-0.3, -0.25) is 9.59 Å². The quantitative estimate of drug-likeness (QED) is 0.633. The summed E-state index contributed by atoms with van der Waals surface area (Å²) in [6, 6.07) is 13.0. The third-order valence-corrected chi connectivity index (χ3v) is 5.63. The topological polar surface area (TPSA) is 107 Å². The zero-order valence-corrected chi connectivity index (χ0v) is 18.2. The molecule has 32 heavy (non-hydrogen) atoms. The summed E-state index contributed by atoms with van der Waals surface area (Å²) >= 11 is 0. The van der Waals surface area contributed by atoms with Gasteiger partial charge in [0.1, 0.15) is 23.5 Å². The molecule has 2 aromatic carbocycles. The molecule has 8 nitrogen and oxygen atoms in total. The minimum absolute atomic E-state index is 0. The SMILES string of the molecule is CC(=O)C[C@@H](O)C(=O)N1CCN(c2nc(-c3ccccc3O)nc3cc(C)ccc23)CC1.[HH]. The van der Waals surface area contributed by atoms with Gasteiger partial charge < -0.3 is 20.0 Å². The Morgan fingerprint density at radius 1 is 1.09 bits per heavy atom. The van der Waals surface area contributed by atoms with Crippen LogP contribution in [0.5, 0.6) is 5.75 Å². The maximum absolute atomic E-state index is 12.5. The Morgan fingerprint density at radius 3 is 2.50 bits per heavy atom. The third kappa shape index (κ3) is 4.40. The number of aliphatic hydroxyl groups excluding tert-OH is 1. The molecular weight excluding hydrogens is 408 g/mol. The first-order valence-corrected chi connectivity index (χ1v) is 10.6. The number of nitrogens with zero attached hydrogens (tertiary/aromatic N) is 4. The summed E-state index contributed by atoms with van der Waals surface area (Å²) in [5, 5.41) is 21.2. The second-order valence-corrected chi connectivity index (χ2v) is 8.14. The number of fused-ring (bicyclic) bond motifs is 1. The van der Waals surface area contributed by atoms with Crippen LogP contribution < -0.4 is 4.90 Å². The summed E-state index contributed by atoms with van der Waals surface area (Å²) in [5.74, 6) is 0.651. The molecule has 1 fully saturated rings. The fraction of sp³-hybridized carbons (Fsp3) is 0.333. The summed E-state index contributed by atoms with van der Waals surface area (Å²) in [4.78, 5) is 36.8. The largest absolute Gasteiger partial charge is 0.507 e. The number of ketones is 1. The maximum Gasteiger partial charge on any atom is 0.251 e. The van der Waals surface area contributed by atoms with Crippen LogP contribution in [0.25, 0.3) is 22.3 Å². The van der Waals surface area contributed by atoms with Gasteiger partial charge in [0.2, 0.25) is 0 Å².